The van der Waals surface area contributed by atoms with Crippen LogP contribution in [0.15, 0.2) is 36.7 Å². The summed E-state index contributed by atoms with van der Waals surface area (Å²) in [6.07, 6.45) is 5.36. The van der Waals surface area contributed by atoms with Crippen LogP contribution in [0.4, 0.5) is 0 Å². The number of hydrogen-bond donors (Lipinski definition) is 0. The standard InChI is InChI=1S/C14H20N2/c1-12(2)15(3)10-7-13-8-11-16-9-5-4-6-14(13)16/h4-6,8-9,11-12H,7,10H2,1-3H3. The van der Waals surface area contributed by atoms with E-state index in [0.29, 0.717) is 6.04 Å². The predicted octanol–water partition coefficient (Wildman–Crippen LogP) is 2.82. The maximum absolute atomic E-state index is 2.38. The Kier molecular flexibility index (Phi) is 3.30. The number of pyridine rings is 1. The third kappa shape index (κ3) is 2.27. The second-order valence-electron chi connectivity index (χ2n) is 4.66. The highest BCUT2D eigenvalue weighted by molar-refractivity contribution is 5.55. The summed E-state index contributed by atoms with van der Waals surface area (Å²) in [5.74, 6) is 0. The van der Waals surface area contributed by atoms with Crippen molar-refractivity contribution < 1.29 is 0 Å². The number of rotatable bonds is 4. The molecule has 0 saturated heterocycles. The van der Waals surface area contributed by atoms with Gasteiger partial charge in [-0.05, 0) is 51.1 Å². The summed E-state index contributed by atoms with van der Waals surface area (Å²) in [7, 11) is 2.18. The molecule has 0 radical (unpaired) electrons. The van der Waals surface area contributed by atoms with Crippen LogP contribution >= 0.6 is 0 Å². The Bertz CT molecular complexity index is 456. The lowest BCUT2D eigenvalue weighted by molar-refractivity contribution is 0.278. The molecule has 0 unspecified atom stereocenters. The molecular formula is C14H20N2. The van der Waals surface area contributed by atoms with E-state index in [0.717, 1.165) is 13.0 Å². The van der Waals surface area contributed by atoms with Gasteiger partial charge in [-0.1, -0.05) is 6.07 Å². The molecule has 2 aromatic heterocycles. The van der Waals surface area contributed by atoms with Crippen LogP contribution in [-0.4, -0.2) is 28.9 Å². The number of nitrogens with zero attached hydrogens (tertiary/aromatic N) is 2. The van der Waals surface area contributed by atoms with Crippen LogP contribution in [-0.2, 0) is 6.42 Å². The molecule has 0 amide bonds. The third-order valence-electron chi connectivity index (χ3n) is 3.27. The number of likely N-dealkylation sites (N-methyl/N-ethyl adjacent to an activating group) is 1. The van der Waals surface area contributed by atoms with Crippen molar-refractivity contribution in [2.75, 3.05) is 13.6 Å². The van der Waals surface area contributed by atoms with E-state index in [2.05, 4.69) is 66.9 Å². The van der Waals surface area contributed by atoms with Crippen molar-refractivity contribution in [2.45, 2.75) is 26.3 Å². The summed E-state index contributed by atoms with van der Waals surface area (Å²) >= 11 is 0. The normalized spacial score (nSPS) is 11.8. The average Bonchev–Trinajstić information content (AvgIpc) is 2.69. The molecule has 0 aromatic carbocycles. The van der Waals surface area contributed by atoms with E-state index in [1.165, 1.54) is 11.1 Å². The predicted molar refractivity (Wildman–Crippen MR) is 68.9 cm³/mol. The van der Waals surface area contributed by atoms with Gasteiger partial charge in [0.25, 0.3) is 0 Å². The minimum Gasteiger partial charge on any atom is -0.324 e. The van der Waals surface area contributed by atoms with Crippen LogP contribution in [0.3, 0.4) is 0 Å². The third-order valence-corrected chi connectivity index (χ3v) is 3.27. The zero-order chi connectivity index (χ0) is 11.5. The molecule has 0 atom stereocenters. The molecule has 86 valence electrons. The van der Waals surface area contributed by atoms with E-state index >= 15 is 0 Å². The van der Waals surface area contributed by atoms with Crippen LogP contribution in [0.5, 0.6) is 0 Å². The first-order chi connectivity index (χ1) is 7.68. The van der Waals surface area contributed by atoms with E-state index in [4.69, 9.17) is 0 Å². The van der Waals surface area contributed by atoms with Gasteiger partial charge in [0.1, 0.15) is 0 Å². The van der Waals surface area contributed by atoms with Crippen molar-refractivity contribution in [3.8, 4) is 0 Å². The monoisotopic (exact) mass is 216 g/mol. The lowest BCUT2D eigenvalue weighted by Gasteiger charge is -2.20. The van der Waals surface area contributed by atoms with Gasteiger partial charge in [0.2, 0.25) is 0 Å². The topological polar surface area (TPSA) is 7.65 Å². The Hall–Kier alpha value is -1.28. The molecule has 2 nitrogen and oxygen atoms in total. The first kappa shape index (κ1) is 11.2. The fourth-order valence-corrected chi connectivity index (χ4v) is 1.88. The lowest BCUT2D eigenvalue weighted by atomic mass is 10.2. The zero-order valence-electron chi connectivity index (χ0n) is 10.4. The lowest BCUT2D eigenvalue weighted by Crippen LogP contribution is -2.28. The van der Waals surface area contributed by atoms with Crippen LogP contribution in [0, 0.1) is 0 Å². The van der Waals surface area contributed by atoms with Gasteiger partial charge in [-0.3, -0.25) is 0 Å². The molecule has 0 aliphatic carbocycles. The molecule has 0 N–H and O–H groups in total. The highest BCUT2D eigenvalue weighted by Gasteiger charge is 2.05. The molecule has 2 heteroatoms. The van der Waals surface area contributed by atoms with Crippen molar-refractivity contribution in [2.24, 2.45) is 0 Å². The minimum absolute atomic E-state index is 0.619. The fraction of sp³-hybridized carbons (Fsp3) is 0.429. The summed E-state index contributed by atoms with van der Waals surface area (Å²) in [4.78, 5) is 2.38. The Labute approximate surface area is 97.5 Å². The van der Waals surface area contributed by atoms with Gasteiger partial charge >= 0.3 is 0 Å². The number of aromatic nitrogens is 1. The van der Waals surface area contributed by atoms with Crippen LogP contribution in [0.25, 0.3) is 5.52 Å². The molecule has 0 spiro atoms. The maximum atomic E-state index is 2.38. The van der Waals surface area contributed by atoms with Crippen molar-refractivity contribution in [1.29, 1.82) is 0 Å². The second-order valence-corrected chi connectivity index (χ2v) is 4.66. The zero-order valence-corrected chi connectivity index (χ0v) is 10.4. The average molecular weight is 216 g/mol. The summed E-state index contributed by atoms with van der Waals surface area (Å²) in [5, 5.41) is 0. The highest BCUT2D eigenvalue weighted by Crippen LogP contribution is 2.13. The van der Waals surface area contributed by atoms with Gasteiger partial charge < -0.3 is 9.30 Å². The van der Waals surface area contributed by atoms with Gasteiger partial charge in [0.15, 0.2) is 0 Å². The molecule has 0 fully saturated rings. The second kappa shape index (κ2) is 4.71. The number of hydrogen-bond acceptors (Lipinski definition) is 1. The molecular weight excluding hydrogens is 196 g/mol. The maximum Gasteiger partial charge on any atom is 0.0482 e. The van der Waals surface area contributed by atoms with Crippen molar-refractivity contribution in [3.63, 3.8) is 0 Å². The summed E-state index contributed by atoms with van der Waals surface area (Å²) in [6.45, 7) is 5.59. The molecule has 0 bridgehead atoms. The Balaban J connectivity index is 2.10. The minimum atomic E-state index is 0.619. The van der Waals surface area contributed by atoms with E-state index in [1.807, 2.05) is 0 Å². The molecule has 16 heavy (non-hydrogen) atoms. The van der Waals surface area contributed by atoms with Gasteiger partial charge in [-0.25, -0.2) is 0 Å². The van der Waals surface area contributed by atoms with Gasteiger partial charge in [0, 0.05) is 30.5 Å². The first-order valence-corrected chi connectivity index (χ1v) is 5.93. The fourth-order valence-electron chi connectivity index (χ4n) is 1.88. The van der Waals surface area contributed by atoms with Gasteiger partial charge in [-0.15, -0.1) is 0 Å². The molecule has 2 heterocycles. The largest absolute Gasteiger partial charge is 0.324 e. The summed E-state index contributed by atoms with van der Waals surface area (Å²) in [5.41, 5.74) is 2.77. The molecule has 0 aliphatic heterocycles. The molecule has 0 aliphatic rings. The molecule has 2 rings (SSSR count). The Morgan fingerprint density at radius 2 is 2.00 bits per heavy atom. The van der Waals surface area contributed by atoms with E-state index in [1.54, 1.807) is 0 Å². The highest BCUT2D eigenvalue weighted by atomic mass is 15.1. The van der Waals surface area contributed by atoms with Crippen LogP contribution in [0.2, 0.25) is 0 Å². The molecule has 0 saturated carbocycles. The quantitative estimate of drug-likeness (QED) is 0.762. The van der Waals surface area contributed by atoms with Crippen molar-refractivity contribution >= 4 is 5.52 Å². The molecule has 2 aromatic rings. The first-order valence-electron chi connectivity index (χ1n) is 5.93. The van der Waals surface area contributed by atoms with Crippen molar-refractivity contribution in [3.05, 3.63) is 42.2 Å². The summed E-state index contributed by atoms with van der Waals surface area (Å²) in [6, 6.07) is 9.20. The van der Waals surface area contributed by atoms with Gasteiger partial charge in [-0.2, -0.15) is 0 Å². The smallest absolute Gasteiger partial charge is 0.0482 e. The Morgan fingerprint density at radius 3 is 2.75 bits per heavy atom. The van der Waals surface area contributed by atoms with E-state index in [-0.39, 0.29) is 0 Å². The SMILES string of the molecule is CC(C)N(C)CCc1ccn2ccccc12. The van der Waals surface area contributed by atoms with Crippen LogP contribution < -0.4 is 0 Å². The number of fused-ring (bicyclic) bond motifs is 1. The van der Waals surface area contributed by atoms with E-state index < -0.39 is 0 Å². The van der Waals surface area contributed by atoms with Gasteiger partial charge in [0.05, 0.1) is 0 Å². The van der Waals surface area contributed by atoms with Crippen LogP contribution in [0.1, 0.15) is 19.4 Å². The Morgan fingerprint density at radius 1 is 1.19 bits per heavy atom. The summed E-state index contributed by atoms with van der Waals surface area (Å²) < 4.78 is 2.19. The van der Waals surface area contributed by atoms with E-state index in [9.17, 15) is 0 Å². The van der Waals surface area contributed by atoms with Crippen molar-refractivity contribution in [1.82, 2.24) is 9.30 Å².